The zero-order valence-corrected chi connectivity index (χ0v) is 11.7. The molecule has 1 aromatic carbocycles. The number of hydrazine groups is 1. The number of nitrogens with zero attached hydrogens (tertiary/aromatic N) is 1. The van der Waals surface area contributed by atoms with Gasteiger partial charge in [0.05, 0.1) is 13.2 Å². The lowest BCUT2D eigenvalue weighted by molar-refractivity contribution is 0.0658. The Bertz CT molecular complexity index is 528. The van der Waals surface area contributed by atoms with Gasteiger partial charge in [-0.1, -0.05) is 18.2 Å². The van der Waals surface area contributed by atoms with Gasteiger partial charge in [0, 0.05) is 37.5 Å². The highest BCUT2D eigenvalue weighted by Crippen LogP contribution is 2.25. The van der Waals surface area contributed by atoms with Crippen molar-refractivity contribution in [1.29, 1.82) is 0 Å². The van der Waals surface area contributed by atoms with E-state index in [1.807, 2.05) is 18.3 Å². The molecular formula is C15H21N3O2. The van der Waals surface area contributed by atoms with Gasteiger partial charge in [-0.25, -0.2) is 0 Å². The van der Waals surface area contributed by atoms with Crippen LogP contribution in [0.1, 0.15) is 18.0 Å². The Kier molecular flexibility index (Phi) is 5.88. The maximum Gasteiger partial charge on any atom is 0.0700 e. The monoisotopic (exact) mass is 275 g/mol. The highest BCUT2D eigenvalue weighted by Gasteiger charge is 2.12. The minimum atomic E-state index is 0.0467. The summed E-state index contributed by atoms with van der Waals surface area (Å²) in [6, 6.07) is 8.23. The molecule has 5 heteroatoms. The third kappa shape index (κ3) is 3.74. The van der Waals surface area contributed by atoms with Gasteiger partial charge in [-0.05, 0) is 23.4 Å². The normalized spacial score (nSPS) is 12.7. The number of methoxy groups -OCH3 is 1. The molecule has 0 bridgehead atoms. The maximum absolute atomic E-state index is 5.69. The van der Waals surface area contributed by atoms with Gasteiger partial charge in [0.25, 0.3) is 0 Å². The third-order valence-electron chi connectivity index (χ3n) is 3.28. The molecule has 0 amide bonds. The van der Waals surface area contributed by atoms with Crippen molar-refractivity contribution in [3.8, 4) is 0 Å². The second-order valence-electron chi connectivity index (χ2n) is 4.56. The quantitative estimate of drug-likeness (QED) is 0.437. The van der Waals surface area contributed by atoms with Gasteiger partial charge in [0.2, 0.25) is 0 Å². The molecule has 0 saturated carbocycles. The van der Waals surface area contributed by atoms with Crippen LogP contribution in [0.25, 0.3) is 10.8 Å². The molecule has 1 atom stereocenters. The van der Waals surface area contributed by atoms with Crippen LogP contribution in [0, 0.1) is 0 Å². The molecule has 5 nitrogen and oxygen atoms in total. The van der Waals surface area contributed by atoms with Crippen molar-refractivity contribution in [3.63, 3.8) is 0 Å². The van der Waals surface area contributed by atoms with Crippen LogP contribution in [0.2, 0.25) is 0 Å². The molecule has 1 heterocycles. The summed E-state index contributed by atoms with van der Waals surface area (Å²) in [5.74, 6) is 5.69. The van der Waals surface area contributed by atoms with Crippen LogP contribution >= 0.6 is 0 Å². The van der Waals surface area contributed by atoms with Gasteiger partial charge in [-0.2, -0.15) is 0 Å². The van der Waals surface area contributed by atoms with Crippen molar-refractivity contribution in [2.75, 3.05) is 26.9 Å². The van der Waals surface area contributed by atoms with E-state index in [-0.39, 0.29) is 6.04 Å². The van der Waals surface area contributed by atoms with Crippen molar-refractivity contribution in [3.05, 3.63) is 42.2 Å². The number of nitrogens with one attached hydrogen (secondary N) is 1. The third-order valence-corrected chi connectivity index (χ3v) is 3.28. The number of hydrogen-bond acceptors (Lipinski definition) is 5. The number of nitrogens with two attached hydrogens (primary N) is 1. The topological polar surface area (TPSA) is 69.4 Å². The Morgan fingerprint density at radius 3 is 2.95 bits per heavy atom. The van der Waals surface area contributed by atoms with E-state index in [0.717, 1.165) is 22.8 Å². The zero-order chi connectivity index (χ0) is 14.2. The first-order chi connectivity index (χ1) is 9.86. The molecule has 108 valence electrons. The highest BCUT2D eigenvalue weighted by molar-refractivity contribution is 5.85. The molecule has 0 aliphatic heterocycles. The molecule has 0 radical (unpaired) electrons. The van der Waals surface area contributed by atoms with Crippen molar-refractivity contribution in [2.45, 2.75) is 12.5 Å². The van der Waals surface area contributed by atoms with Crippen molar-refractivity contribution in [1.82, 2.24) is 10.4 Å². The summed E-state index contributed by atoms with van der Waals surface area (Å²) in [6.07, 6.45) is 4.47. The van der Waals surface area contributed by atoms with E-state index in [9.17, 15) is 0 Å². The molecule has 0 aliphatic rings. The van der Waals surface area contributed by atoms with Crippen LogP contribution in [0.5, 0.6) is 0 Å². The van der Waals surface area contributed by atoms with Crippen molar-refractivity contribution < 1.29 is 9.47 Å². The fourth-order valence-corrected chi connectivity index (χ4v) is 2.21. The predicted octanol–water partition coefficient (Wildman–Crippen LogP) is 1.79. The molecule has 0 aliphatic carbocycles. The van der Waals surface area contributed by atoms with Gasteiger partial charge in [-0.3, -0.25) is 16.3 Å². The van der Waals surface area contributed by atoms with E-state index in [1.165, 1.54) is 0 Å². The SMILES string of the molecule is COCCOCCC(NN)c1cccc2ccncc12. The number of benzene rings is 1. The summed E-state index contributed by atoms with van der Waals surface area (Å²) in [5.41, 5.74) is 4.01. The van der Waals surface area contributed by atoms with E-state index in [0.29, 0.717) is 19.8 Å². The molecule has 1 unspecified atom stereocenters. The van der Waals surface area contributed by atoms with E-state index in [1.54, 1.807) is 13.3 Å². The lowest BCUT2D eigenvalue weighted by atomic mass is 9.99. The average molecular weight is 275 g/mol. The molecule has 0 saturated heterocycles. The van der Waals surface area contributed by atoms with Crippen LogP contribution in [0.15, 0.2) is 36.7 Å². The number of ether oxygens (including phenoxy) is 2. The fraction of sp³-hybridized carbons (Fsp3) is 0.400. The van der Waals surface area contributed by atoms with Gasteiger partial charge < -0.3 is 9.47 Å². The predicted molar refractivity (Wildman–Crippen MR) is 79.1 cm³/mol. The lowest BCUT2D eigenvalue weighted by Gasteiger charge is -2.18. The van der Waals surface area contributed by atoms with Crippen LogP contribution in [0.3, 0.4) is 0 Å². The largest absolute Gasteiger partial charge is 0.382 e. The van der Waals surface area contributed by atoms with Crippen LogP contribution < -0.4 is 11.3 Å². The lowest BCUT2D eigenvalue weighted by Crippen LogP contribution is -2.29. The maximum atomic E-state index is 5.69. The van der Waals surface area contributed by atoms with Gasteiger partial charge in [0.1, 0.15) is 0 Å². The number of aromatic nitrogens is 1. The molecule has 20 heavy (non-hydrogen) atoms. The van der Waals surface area contributed by atoms with E-state index < -0.39 is 0 Å². The minimum absolute atomic E-state index is 0.0467. The van der Waals surface area contributed by atoms with Crippen LogP contribution in [-0.2, 0) is 9.47 Å². The minimum Gasteiger partial charge on any atom is -0.382 e. The summed E-state index contributed by atoms with van der Waals surface area (Å²) >= 11 is 0. The first-order valence-corrected chi connectivity index (χ1v) is 6.72. The Labute approximate surface area is 119 Å². The Balaban J connectivity index is 2.05. The molecule has 0 spiro atoms. The second-order valence-corrected chi connectivity index (χ2v) is 4.56. The van der Waals surface area contributed by atoms with Crippen LogP contribution in [-0.4, -0.2) is 31.9 Å². The molecule has 2 aromatic rings. The molecule has 2 rings (SSSR count). The number of pyridine rings is 1. The summed E-state index contributed by atoms with van der Waals surface area (Å²) in [6.45, 7) is 1.85. The van der Waals surface area contributed by atoms with Crippen molar-refractivity contribution in [2.24, 2.45) is 5.84 Å². The summed E-state index contributed by atoms with van der Waals surface area (Å²) < 4.78 is 10.4. The molecule has 1 aromatic heterocycles. The summed E-state index contributed by atoms with van der Waals surface area (Å²) in [7, 11) is 1.66. The summed E-state index contributed by atoms with van der Waals surface area (Å²) in [5, 5.41) is 2.29. The number of fused-ring (bicyclic) bond motifs is 1. The van der Waals surface area contributed by atoms with Gasteiger partial charge in [-0.15, -0.1) is 0 Å². The zero-order valence-electron chi connectivity index (χ0n) is 11.7. The highest BCUT2D eigenvalue weighted by atomic mass is 16.5. The first kappa shape index (κ1) is 14.9. The smallest absolute Gasteiger partial charge is 0.0700 e. The Hall–Kier alpha value is -1.53. The Morgan fingerprint density at radius 1 is 1.25 bits per heavy atom. The first-order valence-electron chi connectivity index (χ1n) is 6.72. The Morgan fingerprint density at radius 2 is 2.15 bits per heavy atom. The number of rotatable bonds is 8. The van der Waals surface area contributed by atoms with Gasteiger partial charge in [0.15, 0.2) is 0 Å². The van der Waals surface area contributed by atoms with E-state index >= 15 is 0 Å². The molecular weight excluding hydrogens is 254 g/mol. The fourth-order valence-electron chi connectivity index (χ4n) is 2.21. The second kappa shape index (κ2) is 7.91. The summed E-state index contributed by atoms with van der Waals surface area (Å²) in [4.78, 5) is 4.19. The standard InChI is InChI=1S/C15H21N3O2/c1-19-9-10-20-8-6-15(18-16)13-4-2-3-12-5-7-17-11-14(12)13/h2-5,7,11,15,18H,6,8-10,16H2,1H3. The van der Waals surface area contributed by atoms with E-state index in [4.69, 9.17) is 15.3 Å². The number of hydrogen-bond donors (Lipinski definition) is 2. The van der Waals surface area contributed by atoms with Crippen LogP contribution in [0.4, 0.5) is 0 Å². The van der Waals surface area contributed by atoms with Gasteiger partial charge >= 0.3 is 0 Å². The molecule has 0 fully saturated rings. The van der Waals surface area contributed by atoms with Crippen molar-refractivity contribution >= 4 is 10.8 Å². The molecule has 3 N–H and O–H groups in total. The average Bonchev–Trinajstić information content (AvgIpc) is 2.51. The van der Waals surface area contributed by atoms with E-state index in [2.05, 4.69) is 22.5 Å².